The second-order valence-electron chi connectivity index (χ2n) is 14.7. The highest BCUT2D eigenvalue weighted by atomic mass is 32.2. The summed E-state index contributed by atoms with van der Waals surface area (Å²) in [4.78, 5) is 39.6. The van der Waals surface area contributed by atoms with Gasteiger partial charge in [0.15, 0.2) is 0 Å². The van der Waals surface area contributed by atoms with Gasteiger partial charge in [-0.05, 0) is 54.1 Å². The number of nitrogens with zero attached hydrogens (tertiary/aromatic N) is 2. The van der Waals surface area contributed by atoms with Crippen molar-refractivity contribution in [2.24, 2.45) is 11.1 Å². The molecule has 0 saturated carbocycles. The van der Waals surface area contributed by atoms with Gasteiger partial charge in [-0.3, -0.25) is 14.4 Å². The number of amides is 1. The number of nitrogens with two attached hydrogens (primary N) is 1. The minimum Gasteiger partial charge on any atom is -0.480 e. The summed E-state index contributed by atoms with van der Waals surface area (Å²) in [5.74, 6) is -2.69. The first-order valence-corrected chi connectivity index (χ1v) is 21.5. The van der Waals surface area contributed by atoms with Crippen molar-refractivity contribution in [1.82, 2.24) is 9.47 Å². The van der Waals surface area contributed by atoms with E-state index in [0.717, 1.165) is 41.2 Å². The topological polar surface area (TPSA) is 115 Å². The molecule has 0 bridgehead atoms. The van der Waals surface area contributed by atoms with Crippen molar-refractivity contribution in [1.29, 1.82) is 0 Å². The molecule has 8 nitrogen and oxygen atoms in total. The van der Waals surface area contributed by atoms with E-state index in [1.807, 2.05) is 61.7 Å². The number of halogens is 2. The molecule has 0 aliphatic rings. The summed E-state index contributed by atoms with van der Waals surface area (Å²) in [6.45, 7) is 13.9. The molecule has 2 atom stereocenters. The Bertz CT molecular complexity index is 1560. The third kappa shape index (κ3) is 12.7. The van der Waals surface area contributed by atoms with Gasteiger partial charge < -0.3 is 25.0 Å². The second-order valence-corrected chi connectivity index (χ2v) is 21.3. The fraction of sp³-hybridized carbons (Fsp3) is 0.486. The Morgan fingerprint density at radius 2 is 1.73 bits per heavy atom. The Labute approximate surface area is 294 Å². The molecule has 1 heterocycles. The number of aliphatic carboxylic acids is 1. The standard InChI is InChI=1S/C37H51F2N3O5SSi/c1-37(2,3)35(32-20-27(29-21-28(38)15-16-30(29)39)23-41(32)22-26-12-8-7-9-13-26)42(33(43)25-48-24-31(40)36(45)46)17-11-10-14-34(44)47-18-19-49(4,5)6/h7-9,12-13,15-16,20-21,23,31,35H,10-11,14,17-19,22,24-25,40H2,1-6H3,(H,45,46)/t31-,35-/m0/s1. The Balaban J connectivity index is 1.99. The predicted octanol–water partition coefficient (Wildman–Crippen LogP) is 7.59. The zero-order chi connectivity index (χ0) is 36.4. The Morgan fingerprint density at radius 3 is 2.37 bits per heavy atom. The molecule has 12 heteroatoms. The lowest BCUT2D eigenvalue weighted by molar-refractivity contribution is -0.143. The van der Waals surface area contributed by atoms with Crippen LogP contribution < -0.4 is 5.73 Å². The van der Waals surface area contributed by atoms with Crippen LogP contribution >= 0.6 is 11.8 Å². The number of carbonyl (C=O) groups is 3. The molecule has 0 aliphatic heterocycles. The van der Waals surface area contributed by atoms with Crippen molar-refractivity contribution in [3.8, 4) is 11.1 Å². The average Bonchev–Trinajstić information content (AvgIpc) is 3.41. The van der Waals surface area contributed by atoms with Gasteiger partial charge in [-0.25, -0.2) is 8.78 Å². The van der Waals surface area contributed by atoms with E-state index in [-0.39, 0.29) is 35.4 Å². The SMILES string of the molecule is CC(C)(C)[C@H](c1cc(-c2cc(F)ccc2F)cn1Cc1ccccc1)N(CCCCC(=O)OCC[Si](C)(C)C)C(=O)CSC[C@H](N)C(=O)O. The van der Waals surface area contributed by atoms with Crippen molar-refractivity contribution < 1.29 is 33.0 Å². The number of hydrogen-bond donors (Lipinski definition) is 2. The van der Waals surface area contributed by atoms with Crippen molar-refractivity contribution in [3.63, 3.8) is 0 Å². The van der Waals surface area contributed by atoms with Crippen LogP contribution in [0.25, 0.3) is 11.1 Å². The van der Waals surface area contributed by atoms with Crippen LogP contribution in [0.4, 0.5) is 8.78 Å². The van der Waals surface area contributed by atoms with Crippen LogP contribution in [0.3, 0.4) is 0 Å². The normalized spacial score (nSPS) is 13.2. The fourth-order valence-corrected chi connectivity index (χ4v) is 7.10. The molecule has 268 valence electrons. The lowest BCUT2D eigenvalue weighted by Crippen LogP contribution is -2.44. The second kappa shape index (κ2) is 18.0. The highest BCUT2D eigenvalue weighted by molar-refractivity contribution is 8.00. The van der Waals surface area contributed by atoms with Crippen LogP contribution in [-0.4, -0.2) is 71.2 Å². The lowest BCUT2D eigenvalue weighted by atomic mass is 9.83. The fourth-order valence-electron chi connectivity index (χ4n) is 5.53. The highest BCUT2D eigenvalue weighted by Crippen LogP contribution is 2.41. The Kier molecular flexibility index (Phi) is 14.6. The van der Waals surface area contributed by atoms with Crippen LogP contribution in [-0.2, 0) is 25.7 Å². The summed E-state index contributed by atoms with van der Waals surface area (Å²) < 4.78 is 36.9. The number of carboxylic acid groups (broad SMARTS) is 1. The van der Waals surface area contributed by atoms with E-state index in [1.54, 1.807) is 11.1 Å². The van der Waals surface area contributed by atoms with Gasteiger partial charge >= 0.3 is 11.9 Å². The monoisotopic (exact) mass is 715 g/mol. The molecule has 0 aliphatic carbocycles. The number of carboxylic acids is 1. The van der Waals surface area contributed by atoms with Crippen LogP contribution in [0.1, 0.15) is 57.3 Å². The van der Waals surface area contributed by atoms with Gasteiger partial charge in [-0.15, -0.1) is 11.8 Å². The number of benzene rings is 2. The molecule has 0 radical (unpaired) electrons. The minimum atomic E-state index is -1.34. The van der Waals surface area contributed by atoms with Crippen LogP contribution in [0.5, 0.6) is 0 Å². The Hall–Kier alpha value is -3.48. The van der Waals surface area contributed by atoms with E-state index in [2.05, 4.69) is 19.6 Å². The van der Waals surface area contributed by atoms with Crippen LogP contribution in [0.2, 0.25) is 25.7 Å². The van der Waals surface area contributed by atoms with E-state index < -0.39 is 43.2 Å². The van der Waals surface area contributed by atoms with E-state index in [4.69, 9.17) is 10.5 Å². The molecule has 2 aromatic carbocycles. The molecule has 49 heavy (non-hydrogen) atoms. The van der Waals surface area contributed by atoms with Gasteiger partial charge in [-0.2, -0.15) is 0 Å². The summed E-state index contributed by atoms with van der Waals surface area (Å²) >= 11 is 1.15. The Morgan fingerprint density at radius 1 is 1.04 bits per heavy atom. The molecule has 0 unspecified atom stereocenters. The predicted molar refractivity (Wildman–Crippen MR) is 195 cm³/mol. The zero-order valence-corrected chi connectivity index (χ0v) is 31.3. The third-order valence-corrected chi connectivity index (χ3v) is 10.8. The maximum Gasteiger partial charge on any atom is 0.321 e. The van der Waals surface area contributed by atoms with Gasteiger partial charge in [0.2, 0.25) is 5.91 Å². The largest absolute Gasteiger partial charge is 0.480 e. The number of rotatable bonds is 18. The summed E-state index contributed by atoms with van der Waals surface area (Å²) in [5, 5.41) is 9.24. The summed E-state index contributed by atoms with van der Waals surface area (Å²) in [7, 11) is -1.34. The number of carbonyl (C=O) groups excluding carboxylic acids is 2. The van der Waals surface area contributed by atoms with E-state index >= 15 is 4.39 Å². The van der Waals surface area contributed by atoms with Crippen molar-refractivity contribution in [2.75, 3.05) is 24.7 Å². The number of aromatic nitrogens is 1. The first-order valence-electron chi connectivity index (χ1n) is 16.7. The van der Waals surface area contributed by atoms with Crippen molar-refractivity contribution in [2.45, 2.75) is 84.3 Å². The maximum atomic E-state index is 15.1. The molecule has 1 aromatic heterocycles. The summed E-state index contributed by atoms with van der Waals surface area (Å²) in [5.41, 5.74) is 7.50. The molecule has 3 rings (SSSR count). The van der Waals surface area contributed by atoms with Crippen molar-refractivity contribution >= 4 is 37.7 Å². The molecule has 3 aromatic rings. The molecule has 1 amide bonds. The minimum absolute atomic E-state index is 0.00291. The van der Waals surface area contributed by atoms with Gasteiger partial charge in [0.25, 0.3) is 0 Å². The maximum absolute atomic E-state index is 15.1. The third-order valence-electron chi connectivity index (χ3n) is 8.08. The molecule has 0 spiro atoms. The summed E-state index contributed by atoms with van der Waals surface area (Å²) in [6.07, 6.45) is 3.04. The van der Waals surface area contributed by atoms with Gasteiger partial charge in [0.1, 0.15) is 17.7 Å². The van der Waals surface area contributed by atoms with Gasteiger partial charge in [-0.1, -0.05) is 70.7 Å². The number of hydrogen-bond acceptors (Lipinski definition) is 6. The highest BCUT2D eigenvalue weighted by Gasteiger charge is 2.37. The first kappa shape index (κ1) is 40.0. The molecular weight excluding hydrogens is 665 g/mol. The molecule has 3 N–H and O–H groups in total. The smallest absolute Gasteiger partial charge is 0.321 e. The molecular formula is C37H51F2N3O5SSi. The first-order chi connectivity index (χ1) is 23.0. The van der Waals surface area contributed by atoms with E-state index in [9.17, 15) is 23.9 Å². The molecule has 0 saturated heterocycles. The van der Waals surface area contributed by atoms with Gasteiger partial charge in [0, 0.05) is 56.4 Å². The number of thioether (sulfide) groups is 1. The summed E-state index contributed by atoms with van der Waals surface area (Å²) in [6, 6.07) is 14.2. The van der Waals surface area contributed by atoms with E-state index in [0.29, 0.717) is 38.1 Å². The number of ether oxygens (including phenoxy) is 1. The quantitative estimate of drug-likeness (QED) is 0.0793. The van der Waals surface area contributed by atoms with Gasteiger partial charge in [0.05, 0.1) is 18.4 Å². The average molecular weight is 716 g/mol. The lowest BCUT2D eigenvalue weighted by Gasteiger charge is -2.41. The number of esters is 1. The number of unbranched alkanes of at least 4 members (excludes halogenated alkanes) is 1. The molecule has 0 fully saturated rings. The van der Waals surface area contributed by atoms with Crippen LogP contribution in [0, 0.1) is 17.0 Å². The zero-order valence-electron chi connectivity index (χ0n) is 29.5. The van der Waals surface area contributed by atoms with Crippen molar-refractivity contribution in [3.05, 3.63) is 83.7 Å². The van der Waals surface area contributed by atoms with E-state index in [1.165, 1.54) is 6.07 Å². The van der Waals surface area contributed by atoms with Crippen LogP contribution in [0.15, 0.2) is 60.8 Å².